The van der Waals surface area contributed by atoms with Crippen LogP contribution in [0.2, 0.25) is 0 Å². The lowest BCUT2D eigenvalue weighted by molar-refractivity contribution is 0.0389. The molecule has 0 aromatic heterocycles. The van der Waals surface area contributed by atoms with Gasteiger partial charge in [-0.3, -0.25) is 14.8 Å². The van der Waals surface area contributed by atoms with Crippen molar-refractivity contribution in [2.75, 3.05) is 66.1 Å². The average molecular weight is 425 g/mol. The van der Waals surface area contributed by atoms with Crippen LogP contribution in [-0.2, 0) is 4.74 Å². The number of ether oxygens (including phenoxy) is 1. The molecular formula is C15H32IN5O. The summed E-state index contributed by atoms with van der Waals surface area (Å²) in [5, 5.41) is 6.88. The number of hydrogen-bond acceptors (Lipinski definition) is 4. The molecule has 2 saturated heterocycles. The fourth-order valence-corrected chi connectivity index (χ4v) is 3.13. The molecule has 2 aliphatic rings. The van der Waals surface area contributed by atoms with Crippen molar-refractivity contribution < 1.29 is 4.74 Å². The maximum Gasteiger partial charge on any atom is 0.191 e. The Morgan fingerprint density at radius 2 is 2.00 bits per heavy atom. The van der Waals surface area contributed by atoms with Gasteiger partial charge in [-0.25, -0.2) is 0 Å². The maximum absolute atomic E-state index is 5.36. The van der Waals surface area contributed by atoms with Crippen LogP contribution in [0.5, 0.6) is 0 Å². The van der Waals surface area contributed by atoms with Gasteiger partial charge < -0.3 is 15.4 Å². The first-order valence-electron chi connectivity index (χ1n) is 8.32. The number of rotatable bonds is 6. The Morgan fingerprint density at radius 1 is 1.23 bits per heavy atom. The number of likely N-dealkylation sites (tertiary alicyclic amines) is 1. The number of nitrogens with one attached hydrogen (secondary N) is 2. The van der Waals surface area contributed by atoms with Crippen molar-refractivity contribution in [2.24, 2.45) is 4.99 Å². The molecule has 2 N–H and O–H groups in total. The SMILES string of the molecule is CCN1CCCC1CNC(=NC)NCCN1CCOCC1.I. The Kier molecular flexibility index (Phi) is 10.3. The highest BCUT2D eigenvalue weighted by atomic mass is 127. The van der Waals surface area contributed by atoms with Crippen LogP contribution >= 0.6 is 24.0 Å². The molecule has 2 fully saturated rings. The third kappa shape index (κ3) is 6.55. The minimum absolute atomic E-state index is 0. The summed E-state index contributed by atoms with van der Waals surface area (Å²) in [6.45, 7) is 11.4. The molecule has 1 unspecified atom stereocenters. The molecule has 0 aliphatic carbocycles. The molecule has 22 heavy (non-hydrogen) atoms. The van der Waals surface area contributed by atoms with Crippen molar-refractivity contribution in [3.8, 4) is 0 Å². The van der Waals surface area contributed by atoms with Crippen LogP contribution in [0.25, 0.3) is 0 Å². The van der Waals surface area contributed by atoms with Gasteiger partial charge in [-0.05, 0) is 25.9 Å². The molecule has 0 radical (unpaired) electrons. The largest absolute Gasteiger partial charge is 0.379 e. The summed E-state index contributed by atoms with van der Waals surface area (Å²) in [5.74, 6) is 0.922. The molecule has 0 bridgehead atoms. The Morgan fingerprint density at radius 3 is 2.68 bits per heavy atom. The summed E-state index contributed by atoms with van der Waals surface area (Å²) < 4.78 is 5.36. The molecule has 0 saturated carbocycles. The average Bonchev–Trinajstić information content (AvgIpc) is 2.99. The van der Waals surface area contributed by atoms with E-state index in [0.29, 0.717) is 6.04 Å². The summed E-state index contributed by atoms with van der Waals surface area (Å²) in [6, 6.07) is 0.660. The molecule has 7 heteroatoms. The zero-order chi connectivity index (χ0) is 14.9. The van der Waals surface area contributed by atoms with E-state index in [2.05, 4.69) is 32.3 Å². The normalized spacial score (nSPS) is 24.1. The van der Waals surface area contributed by atoms with Gasteiger partial charge in [-0.1, -0.05) is 6.92 Å². The van der Waals surface area contributed by atoms with Crippen LogP contribution in [-0.4, -0.2) is 87.9 Å². The van der Waals surface area contributed by atoms with Crippen LogP contribution in [0.3, 0.4) is 0 Å². The van der Waals surface area contributed by atoms with Crippen molar-refractivity contribution in [2.45, 2.75) is 25.8 Å². The predicted octanol–water partition coefficient (Wildman–Crippen LogP) is 0.586. The van der Waals surface area contributed by atoms with E-state index in [1.54, 1.807) is 0 Å². The van der Waals surface area contributed by atoms with Gasteiger partial charge in [-0.15, -0.1) is 24.0 Å². The second-order valence-electron chi connectivity index (χ2n) is 5.76. The molecule has 1 atom stereocenters. The number of likely N-dealkylation sites (N-methyl/N-ethyl adjacent to an activating group) is 1. The molecule has 2 rings (SSSR count). The van der Waals surface area contributed by atoms with Crippen molar-refractivity contribution in [1.29, 1.82) is 0 Å². The van der Waals surface area contributed by atoms with Crippen LogP contribution in [0.15, 0.2) is 4.99 Å². The summed E-state index contributed by atoms with van der Waals surface area (Å²) in [5.41, 5.74) is 0. The van der Waals surface area contributed by atoms with Gasteiger partial charge >= 0.3 is 0 Å². The van der Waals surface area contributed by atoms with Gasteiger partial charge in [-0.2, -0.15) is 0 Å². The lowest BCUT2D eigenvalue weighted by atomic mass is 10.2. The van der Waals surface area contributed by atoms with E-state index in [1.165, 1.54) is 19.4 Å². The zero-order valence-corrected chi connectivity index (χ0v) is 16.3. The van der Waals surface area contributed by atoms with Crippen LogP contribution in [0.4, 0.5) is 0 Å². The van der Waals surface area contributed by atoms with E-state index in [1.807, 2.05) is 7.05 Å². The number of aliphatic imine (C=N–C) groups is 1. The van der Waals surface area contributed by atoms with E-state index in [0.717, 1.165) is 58.4 Å². The number of nitrogens with zero attached hydrogens (tertiary/aromatic N) is 3. The molecular weight excluding hydrogens is 393 g/mol. The highest BCUT2D eigenvalue weighted by Crippen LogP contribution is 2.15. The summed E-state index contributed by atoms with van der Waals surface area (Å²) in [7, 11) is 1.84. The van der Waals surface area contributed by atoms with Crippen molar-refractivity contribution in [3.05, 3.63) is 0 Å². The second-order valence-corrected chi connectivity index (χ2v) is 5.76. The van der Waals surface area contributed by atoms with Crippen LogP contribution in [0.1, 0.15) is 19.8 Å². The second kappa shape index (κ2) is 11.4. The van der Waals surface area contributed by atoms with Crippen LogP contribution in [0, 0.1) is 0 Å². The standard InChI is InChI=1S/C15H31N5O.HI/c1-3-20-7-4-5-14(20)13-18-15(16-2)17-6-8-19-9-11-21-12-10-19;/h14H,3-13H2,1-2H3,(H2,16,17,18);1H. The molecule has 0 aromatic carbocycles. The first-order valence-corrected chi connectivity index (χ1v) is 8.32. The minimum Gasteiger partial charge on any atom is -0.379 e. The zero-order valence-electron chi connectivity index (χ0n) is 14.0. The molecule has 0 aromatic rings. The molecule has 6 nitrogen and oxygen atoms in total. The summed E-state index contributed by atoms with van der Waals surface area (Å²) in [6.07, 6.45) is 2.62. The molecule has 2 heterocycles. The highest BCUT2D eigenvalue weighted by molar-refractivity contribution is 14.0. The van der Waals surface area contributed by atoms with Crippen LogP contribution < -0.4 is 10.6 Å². The number of hydrogen-bond donors (Lipinski definition) is 2. The number of guanidine groups is 1. The fraction of sp³-hybridized carbons (Fsp3) is 0.933. The predicted molar refractivity (Wildman–Crippen MR) is 102 cm³/mol. The van der Waals surface area contributed by atoms with Crippen molar-refractivity contribution in [3.63, 3.8) is 0 Å². The smallest absolute Gasteiger partial charge is 0.191 e. The van der Waals surface area contributed by atoms with Crippen molar-refractivity contribution >= 4 is 29.9 Å². The Hall–Kier alpha value is -0.120. The van der Waals surface area contributed by atoms with Gasteiger partial charge in [0, 0.05) is 45.8 Å². The Balaban J connectivity index is 0.00000242. The van der Waals surface area contributed by atoms with Crippen molar-refractivity contribution in [1.82, 2.24) is 20.4 Å². The third-order valence-electron chi connectivity index (χ3n) is 4.46. The lowest BCUT2D eigenvalue weighted by Crippen LogP contribution is -2.47. The lowest BCUT2D eigenvalue weighted by Gasteiger charge is -2.27. The molecule has 0 amide bonds. The quantitative estimate of drug-likeness (QED) is 0.371. The first-order chi connectivity index (χ1) is 10.3. The van der Waals surface area contributed by atoms with Gasteiger partial charge in [0.1, 0.15) is 0 Å². The molecule has 2 aliphatic heterocycles. The van der Waals surface area contributed by atoms with E-state index in [9.17, 15) is 0 Å². The Bertz CT molecular complexity index is 323. The maximum atomic E-state index is 5.36. The van der Waals surface area contributed by atoms with Gasteiger partial charge in [0.25, 0.3) is 0 Å². The monoisotopic (exact) mass is 425 g/mol. The van der Waals surface area contributed by atoms with E-state index in [4.69, 9.17) is 4.74 Å². The minimum atomic E-state index is 0. The topological polar surface area (TPSA) is 52.1 Å². The summed E-state index contributed by atoms with van der Waals surface area (Å²) in [4.78, 5) is 9.29. The number of halogens is 1. The third-order valence-corrected chi connectivity index (χ3v) is 4.46. The highest BCUT2D eigenvalue weighted by Gasteiger charge is 2.22. The summed E-state index contributed by atoms with van der Waals surface area (Å²) >= 11 is 0. The molecule has 130 valence electrons. The number of morpholine rings is 1. The van der Waals surface area contributed by atoms with Gasteiger partial charge in [0.2, 0.25) is 0 Å². The molecule has 0 spiro atoms. The van der Waals surface area contributed by atoms with Gasteiger partial charge in [0.15, 0.2) is 5.96 Å². The Labute approximate surface area is 152 Å². The van der Waals surface area contributed by atoms with E-state index < -0.39 is 0 Å². The fourth-order valence-electron chi connectivity index (χ4n) is 3.13. The van der Waals surface area contributed by atoms with Gasteiger partial charge in [0.05, 0.1) is 13.2 Å². The van der Waals surface area contributed by atoms with E-state index in [-0.39, 0.29) is 24.0 Å². The first kappa shape index (κ1) is 19.9. The van der Waals surface area contributed by atoms with E-state index >= 15 is 0 Å².